The summed E-state index contributed by atoms with van der Waals surface area (Å²) in [7, 11) is 0. The van der Waals surface area contributed by atoms with Crippen molar-refractivity contribution in [3.63, 3.8) is 0 Å². The first-order valence-electron chi connectivity index (χ1n) is 9.98. The van der Waals surface area contributed by atoms with Crippen molar-refractivity contribution in [1.82, 2.24) is 0 Å². The molecule has 1 N–H and O–H groups in total. The third-order valence-corrected chi connectivity index (χ3v) is 5.00. The lowest BCUT2D eigenvalue weighted by Gasteiger charge is -2.14. The number of anilines is 1. The summed E-state index contributed by atoms with van der Waals surface area (Å²) in [6, 6.07) is 26.8. The molecule has 4 nitrogen and oxygen atoms in total. The van der Waals surface area contributed by atoms with Gasteiger partial charge in [0, 0.05) is 11.5 Å². The fraction of sp³-hybridized carbons (Fsp3) is 0.200. The monoisotopic (exact) mass is 383 g/mol. The number of nitrogens with one attached hydrogen (secondary N) is 1. The summed E-state index contributed by atoms with van der Waals surface area (Å²) in [5.74, 6) is 0.997. The van der Waals surface area contributed by atoms with Crippen molar-refractivity contribution in [3.05, 3.63) is 95.6 Å². The lowest BCUT2D eigenvalue weighted by atomic mass is 9.91. The van der Waals surface area contributed by atoms with Gasteiger partial charge in [-0.15, -0.1) is 0 Å². The maximum atomic E-state index is 5.52. The summed E-state index contributed by atoms with van der Waals surface area (Å²) >= 11 is 0. The van der Waals surface area contributed by atoms with E-state index in [1.54, 1.807) is 0 Å². The fourth-order valence-corrected chi connectivity index (χ4v) is 3.46. The molecule has 1 atom stereocenters. The van der Waals surface area contributed by atoms with Gasteiger partial charge in [0.2, 0.25) is 0 Å². The molecule has 0 aromatic heterocycles. The Hall–Kier alpha value is -3.40. The second-order valence-electron chi connectivity index (χ2n) is 7.08. The highest BCUT2D eigenvalue weighted by Gasteiger charge is 2.29. The molecule has 0 saturated carbocycles. The zero-order valence-corrected chi connectivity index (χ0v) is 16.8. The van der Waals surface area contributed by atoms with E-state index >= 15 is 0 Å². The highest BCUT2D eigenvalue weighted by molar-refractivity contribution is 6.51. The number of aliphatic imine (C=N–C) groups is 1. The number of nitrogens with zero attached hydrogens (tertiary/aromatic N) is 2. The van der Waals surface area contributed by atoms with Crippen molar-refractivity contribution in [2.45, 2.75) is 19.8 Å². The van der Waals surface area contributed by atoms with Crippen LogP contribution in [0.1, 0.15) is 29.5 Å². The van der Waals surface area contributed by atoms with Gasteiger partial charge in [0.1, 0.15) is 5.75 Å². The molecule has 0 radical (unpaired) electrons. The van der Waals surface area contributed by atoms with Gasteiger partial charge in [0.05, 0.1) is 30.3 Å². The van der Waals surface area contributed by atoms with Crippen LogP contribution in [0.3, 0.4) is 0 Å². The maximum Gasteiger partial charge on any atom is 0.119 e. The van der Waals surface area contributed by atoms with Gasteiger partial charge in [-0.3, -0.25) is 10.4 Å². The van der Waals surface area contributed by atoms with E-state index in [1.165, 1.54) is 11.1 Å². The lowest BCUT2D eigenvalue weighted by Crippen LogP contribution is -2.20. The van der Waals surface area contributed by atoms with Crippen LogP contribution in [0.5, 0.6) is 5.75 Å². The molecule has 1 heterocycles. The number of hydrazone groups is 1. The number of aryl methyl sites for hydroxylation is 1. The molecule has 1 unspecified atom stereocenters. The number of hydrogen-bond donors (Lipinski definition) is 1. The summed E-state index contributed by atoms with van der Waals surface area (Å²) in [6.07, 6.45) is 0. The normalized spacial score (nSPS) is 17.2. The van der Waals surface area contributed by atoms with Crippen LogP contribution in [0.15, 0.2) is 89.0 Å². The van der Waals surface area contributed by atoms with E-state index in [0.29, 0.717) is 13.2 Å². The summed E-state index contributed by atoms with van der Waals surface area (Å²) < 4.78 is 5.52. The van der Waals surface area contributed by atoms with E-state index in [2.05, 4.69) is 48.7 Å². The molecule has 0 fully saturated rings. The number of rotatable bonds is 6. The van der Waals surface area contributed by atoms with Crippen LogP contribution in [0.4, 0.5) is 5.69 Å². The van der Waals surface area contributed by atoms with E-state index in [-0.39, 0.29) is 5.92 Å². The first-order valence-corrected chi connectivity index (χ1v) is 9.98. The van der Waals surface area contributed by atoms with Crippen molar-refractivity contribution >= 4 is 17.1 Å². The van der Waals surface area contributed by atoms with Crippen LogP contribution in [0.25, 0.3) is 0 Å². The van der Waals surface area contributed by atoms with Gasteiger partial charge in [0.15, 0.2) is 0 Å². The Labute approximate surface area is 172 Å². The highest BCUT2D eigenvalue weighted by Crippen LogP contribution is 2.27. The third-order valence-electron chi connectivity index (χ3n) is 5.00. The Morgan fingerprint density at radius 3 is 2.38 bits per heavy atom. The molecule has 146 valence electrons. The van der Waals surface area contributed by atoms with E-state index in [4.69, 9.17) is 14.8 Å². The second-order valence-corrected chi connectivity index (χ2v) is 7.08. The Morgan fingerprint density at radius 1 is 0.966 bits per heavy atom. The van der Waals surface area contributed by atoms with Crippen molar-refractivity contribution in [1.29, 1.82) is 0 Å². The van der Waals surface area contributed by atoms with Gasteiger partial charge in [0.25, 0.3) is 0 Å². The summed E-state index contributed by atoms with van der Waals surface area (Å²) in [4.78, 5) is 4.84. The molecule has 0 amide bonds. The van der Waals surface area contributed by atoms with Crippen LogP contribution in [-0.2, 0) is 0 Å². The van der Waals surface area contributed by atoms with Crippen LogP contribution < -0.4 is 10.2 Å². The van der Waals surface area contributed by atoms with Crippen molar-refractivity contribution in [3.8, 4) is 5.75 Å². The fourth-order valence-electron chi connectivity index (χ4n) is 3.46. The minimum absolute atomic E-state index is 0.140. The van der Waals surface area contributed by atoms with Crippen LogP contribution in [-0.4, -0.2) is 24.6 Å². The standard InChI is InChI=1S/C25H25N3O/c1-3-29-22-15-13-21(14-16-22)27-28-25-23(19-11-9-18(2)10-12-19)17-26-24(25)20-7-5-4-6-8-20/h4-16,23,27H,3,17H2,1-2H3. The molecule has 0 saturated heterocycles. The number of ether oxygens (including phenoxy) is 1. The van der Waals surface area contributed by atoms with Crippen LogP contribution in [0, 0.1) is 6.92 Å². The van der Waals surface area contributed by atoms with Crippen LogP contribution >= 0.6 is 0 Å². The smallest absolute Gasteiger partial charge is 0.119 e. The minimum Gasteiger partial charge on any atom is -0.494 e. The molecule has 3 aromatic rings. The van der Waals surface area contributed by atoms with Crippen molar-refractivity contribution < 1.29 is 4.74 Å². The Kier molecular flexibility index (Phi) is 5.71. The molecule has 1 aliphatic rings. The SMILES string of the molecule is CCOc1ccc(NN=C2C(c3ccccc3)=NCC2c2ccc(C)cc2)cc1. The average Bonchev–Trinajstić information content (AvgIpc) is 3.18. The molecule has 3 aromatic carbocycles. The first kappa shape index (κ1) is 18.9. The Morgan fingerprint density at radius 2 is 1.69 bits per heavy atom. The van der Waals surface area contributed by atoms with Crippen LogP contribution in [0.2, 0.25) is 0 Å². The predicted molar refractivity (Wildman–Crippen MR) is 120 cm³/mol. The average molecular weight is 383 g/mol. The molecule has 0 spiro atoms. The molecule has 0 bridgehead atoms. The third kappa shape index (κ3) is 4.37. The largest absolute Gasteiger partial charge is 0.494 e. The van der Waals surface area contributed by atoms with Gasteiger partial charge in [-0.2, -0.15) is 5.10 Å². The Balaban J connectivity index is 1.63. The highest BCUT2D eigenvalue weighted by atomic mass is 16.5. The van der Waals surface area contributed by atoms with E-state index in [0.717, 1.165) is 28.4 Å². The topological polar surface area (TPSA) is 46.0 Å². The molecule has 1 aliphatic heterocycles. The van der Waals surface area contributed by atoms with Gasteiger partial charge in [-0.25, -0.2) is 0 Å². The van der Waals surface area contributed by atoms with Crippen molar-refractivity contribution in [2.75, 3.05) is 18.6 Å². The van der Waals surface area contributed by atoms with Crippen molar-refractivity contribution in [2.24, 2.45) is 10.1 Å². The summed E-state index contributed by atoms with van der Waals surface area (Å²) in [5.41, 5.74) is 9.64. The first-order chi connectivity index (χ1) is 14.2. The summed E-state index contributed by atoms with van der Waals surface area (Å²) in [6.45, 7) is 5.45. The van der Waals surface area contributed by atoms with Gasteiger partial charge in [-0.05, 0) is 43.7 Å². The molecule has 4 rings (SSSR count). The predicted octanol–water partition coefficient (Wildman–Crippen LogP) is 5.45. The zero-order chi connectivity index (χ0) is 20.1. The molecule has 29 heavy (non-hydrogen) atoms. The van der Waals surface area contributed by atoms with E-state index < -0.39 is 0 Å². The number of benzene rings is 3. The van der Waals surface area contributed by atoms with Gasteiger partial charge in [-0.1, -0.05) is 60.2 Å². The molecular formula is C25H25N3O. The maximum absolute atomic E-state index is 5.52. The summed E-state index contributed by atoms with van der Waals surface area (Å²) in [5, 5.41) is 4.80. The lowest BCUT2D eigenvalue weighted by molar-refractivity contribution is 0.340. The van der Waals surface area contributed by atoms with Gasteiger partial charge >= 0.3 is 0 Å². The second kappa shape index (κ2) is 8.74. The van der Waals surface area contributed by atoms with E-state index in [1.807, 2.05) is 49.4 Å². The molecular weight excluding hydrogens is 358 g/mol. The Bertz CT molecular complexity index is 1010. The molecule has 4 heteroatoms. The van der Waals surface area contributed by atoms with E-state index in [9.17, 15) is 0 Å². The van der Waals surface area contributed by atoms with Gasteiger partial charge < -0.3 is 4.74 Å². The quantitative estimate of drug-likeness (QED) is 0.576. The number of hydrogen-bond acceptors (Lipinski definition) is 4. The minimum atomic E-state index is 0.140. The molecule has 0 aliphatic carbocycles. The zero-order valence-electron chi connectivity index (χ0n) is 16.8.